The summed E-state index contributed by atoms with van der Waals surface area (Å²) in [5.74, 6) is 0.276. The Bertz CT molecular complexity index is 969. The number of rotatable bonds is 8. The molecule has 9 heteroatoms. The predicted molar refractivity (Wildman–Crippen MR) is 138 cm³/mol. The molecule has 3 rings (SSSR count). The first kappa shape index (κ1) is 25.1. The molecular weight excluding hydrogens is 535 g/mol. The topological polar surface area (TPSA) is 112 Å². The van der Waals surface area contributed by atoms with E-state index in [1.807, 2.05) is 38.1 Å². The van der Waals surface area contributed by atoms with Crippen molar-refractivity contribution in [2.75, 3.05) is 15.9 Å². The summed E-state index contributed by atoms with van der Waals surface area (Å²) >= 11 is -1.60. The summed E-state index contributed by atoms with van der Waals surface area (Å²) in [6.07, 6.45) is 3.49. The maximum absolute atomic E-state index is 12.9. The van der Waals surface area contributed by atoms with Crippen LogP contribution in [-0.4, -0.2) is 43.8 Å². The number of alkyl halides is 3. The van der Waals surface area contributed by atoms with Gasteiger partial charge in [-0.05, 0) is 13.8 Å². The predicted octanol–water partition coefficient (Wildman–Crippen LogP) is 3.65. The Kier molecular flexibility index (Phi) is 9.16. The first-order valence-electron chi connectivity index (χ1n) is 11.2. The Morgan fingerprint density at radius 3 is 2.48 bits per heavy atom. The van der Waals surface area contributed by atoms with Gasteiger partial charge in [0.05, 0.1) is 0 Å². The maximum atomic E-state index is 12.9. The number of likely N-dealkylation sites (N-methyl/N-ethyl adjacent to an activating group) is 1. The average Bonchev–Trinajstić information content (AvgIpc) is 3.31. The molecule has 0 aliphatic carbocycles. The molecule has 2 heterocycles. The summed E-state index contributed by atoms with van der Waals surface area (Å²) in [7, 11) is 1.61. The molecule has 0 saturated carbocycles. The zero-order valence-electron chi connectivity index (χ0n) is 19.4. The van der Waals surface area contributed by atoms with Gasteiger partial charge in [0.1, 0.15) is 0 Å². The van der Waals surface area contributed by atoms with Crippen LogP contribution in [0.2, 0.25) is 0 Å². The summed E-state index contributed by atoms with van der Waals surface area (Å²) in [6.45, 7) is 4.18. The van der Waals surface area contributed by atoms with Gasteiger partial charge >= 0.3 is 172 Å². The van der Waals surface area contributed by atoms with Crippen LogP contribution in [0.4, 0.5) is 4.79 Å². The van der Waals surface area contributed by atoms with Crippen LogP contribution in [0.1, 0.15) is 49.2 Å². The molecule has 4 N–H and O–H groups in total. The molecule has 0 bridgehead atoms. The van der Waals surface area contributed by atoms with E-state index in [4.69, 9.17) is 4.42 Å². The second-order valence-corrected chi connectivity index (χ2v) is 14.5. The molecule has 0 spiro atoms. The second-order valence-electron chi connectivity index (χ2n) is 8.23. The van der Waals surface area contributed by atoms with Crippen LogP contribution >= 0.6 is 19.8 Å². The minimum absolute atomic E-state index is 0.0631. The quantitative estimate of drug-likeness (QED) is 0.221. The van der Waals surface area contributed by atoms with Gasteiger partial charge < -0.3 is 5.32 Å². The van der Waals surface area contributed by atoms with Crippen molar-refractivity contribution in [3.05, 3.63) is 47.7 Å². The molecule has 0 radical (unpaired) electrons. The standard InChI is InChI=1S/C24H33IN4O4/c1-16(2)28-24(32)27-15-17-8-7-9-18(14-17)19-10-11-20(33-19)22(30)29-21(23(31)26-3)25-12-5-4-6-13-25/h7-11,14,16,21H,4-6,12-13,15H2,1-3H3,(H,26,31)(H,29,30)(H2,27,28,32). The van der Waals surface area contributed by atoms with Gasteiger partial charge in [0, 0.05) is 6.04 Å². The van der Waals surface area contributed by atoms with Crippen molar-refractivity contribution in [2.24, 2.45) is 0 Å². The van der Waals surface area contributed by atoms with Gasteiger partial charge in [-0.25, -0.2) is 4.79 Å². The number of benzene rings is 1. The van der Waals surface area contributed by atoms with Gasteiger partial charge in [-0.15, -0.1) is 0 Å². The van der Waals surface area contributed by atoms with Crippen LogP contribution in [0, 0.1) is 0 Å². The number of urea groups is 1. The van der Waals surface area contributed by atoms with Crippen LogP contribution in [0.15, 0.2) is 40.8 Å². The number of furan rings is 1. The molecule has 8 nitrogen and oxygen atoms in total. The number of carbonyl (C=O) groups excluding carboxylic acids is 3. The Hall–Kier alpha value is -2.56. The van der Waals surface area contributed by atoms with E-state index in [1.165, 1.54) is 6.42 Å². The molecule has 1 aromatic heterocycles. The third-order valence-corrected chi connectivity index (χ3v) is 12.1. The Labute approximate surface area is 202 Å². The Morgan fingerprint density at radius 2 is 1.79 bits per heavy atom. The van der Waals surface area contributed by atoms with Crippen molar-refractivity contribution < 1.29 is 18.8 Å². The van der Waals surface area contributed by atoms with Gasteiger partial charge in [-0.2, -0.15) is 0 Å². The SMILES string of the molecule is CNC(=O)C(NC(=O)c1ccc(-c2cccc(CNC(=O)NC(C)C)c2)o1)I1CCCCC1. The second kappa shape index (κ2) is 12.1. The number of halogens is 1. The van der Waals surface area contributed by atoms with Crippen molar-refractivity contribution in [3.8, 4) is 11.3 Å². The van der Waals surface area contributed by atoms with Crippen LogP contribution in [0.25, 0.3) is 11.3 Å². The van der Waals surface area contributed by atoms with Gasteiger partial charge in [-0.1, -0.05) is 0 Å². The third kappa shape index (κ3) is 7.21. The number of hydrogen-bond acceptors (Lipinski definition) is 4. The molecule has 1 saturated heterocycles. The summed E-state index contributed by atoms with van der Waals surface area (Å²) in [6, 6.07) is 10.8. The van der Waals surface area contributed by atoms with Crippen molar-refractivity contribution in [2.45, 2.75) is 49.7 Å². The van der Waals surface area contributed by atoms with E-state index >= 15 is 0 Å². The summed E-state index contributed by atoms with van der Waals surface area (Å²) in [4.78, 5) is 37.2. The molecule has 1 fully saturated rings. The van der Waals surface area contributed by atoms with E-state index in [2.05, 4.69) is 21.3 Å². The van der Waals surface area contributed by atoms with Crippen molar-refractivity contribution in [1.82, 2.24) is 21.3 Å². The van der Waals surface area contributed by atoms with Gasteiger partial charge in [-0.3, -0.25) is 0 Å². The fourth-order valence-electron chi connectivity index (χ4n) is 3.56. The van der Waals surface area contributed by atoms with E-state index in [0.29, 0.717) is 12.3 Å². The van der Waals surface area contributed by atoms with Crippen LogP contribution in [0.3, 0.4) is 0 Å². The molecular formula is C24H33IN4O4. The first-order chi connectivity index (χ1) is 15.9. The van der Waals surface area contributed by atoms with Crippen LogP contribution < -0.4 is 21.3 Å². The summed E-state index contributed by atoms with van der Waals surface area (Å²) in [5, 5.41) is 11.3. The van der Waals surface area contributed by atoms with E-state index in [0.717, 1.165) is 32.8 Å². The molecule has 33 heavy (non-hydrogen) atoms. The van der Waals surface area contributed by atoms with Crippen molar-refractivity contribution >= 4 is 37.7 Å². The summed E-state index contributed by atoms with van der Waals surface area (Å²) < 4.78 is 7.60. The molecule has 1 aliphatic rings. The zero-order chi connectivity index (χ0) is 23.8. The van der Waals surface area contributed by atoms with E-state index < -0.39 is 23.9 Å². The fraction of sp³-hybridized carbons (Fsp3) is 0.458. The third-order valence-electron chi connectivity index (χ3n) is 5.21. The number of hydrogen-bond donors (Lipinski definition) is 4. The number of carbonyl (C=O) groups is 3. The molecule has 4 amide bonds. The number of nitrogens with one attached hydrogen (secondary N) is 4. The van der Waals surface area contributed by atoms with Crippen molar-refractivity contribution in [1.29, 1.82) is 0 Å². The molecule has 1 unspecified atom stereocenters. The first-order valence-corrected chi connectivity index (χ1v) is 15.5. The molecule has 1 aromatic carbocycles. The minimum atomic E-state index is -1.60. The molecule has 1 atom stereocenters. The van der Waals surface area contributed by atoms with E-state index in [1.54, 1.807) is 19.2 Å². The van der Waals surface area contributed by atoms with Gasteiger partial charge in [0.2, 0.25) is 0 Å². The fourth-order valence-corrected chi connectivity index (χ4v) is 10.2. The normalized spacial score (nSPS) is 15.6. The molecule has 180 valence electrons. The zero-order valence-corrected chi connectivity index (χ0v) is 21.5. The Balaban J connectivity index is 1.66. The van der Waals surface area contributed by atoms with Gasteiger partial charge in [0.15, 0.2) is 0 Å². The Morgan fingerprint density at radius 1 is 1.03 bits per heavy atom. The van der Waals surface area contributed by atoms with Gasteiger partial charge in [0.25, 0.3) is 0 Å². The van der Waals surface area contributed by atoms with Crippen LogP contribution in [-0.2, 0) is 11.3 Å². The van der Waals surface area contributed by atoms with E-state index in [9.17, 15) is 14.4 Å². The average molecular weight is 568 g/mol. The molecule has 1 aliphatic heterocycles. The van der Waals surface area contributed by atoms with Crippen LogP contribution in [0.5, 0.6) is 0 Å². The molecule has 2 aromatic rings. The monoisotopic (exact) mass is 568 g/mol. The van der Waals surface area contributed by atoms with E-state index in [-0.39, 0.29) is 29.6 Å². The number of amides is 4. The van der Waals surface area contributed by atoms with Crippen molar-refractivity contribution in [3.63, 3.8) is 0 Å². The summed E-state index contributed by atoms with van der Waals surface area (Å²) in [5.41, 5.74) is 1.72.